The van der Waals surface area contributed by atoms with Gasteiger partial charge in [0.2, 0.25) is 0 Å². The van der Waals surface area contributed by atoms with E-state index in [1.165, 1.54) is 11.3 Å². The quantitative estimate of drug-likeness (QED) is 0.675. The molecule has 102 valence electrons. The van der Waals surface area contributed by atoms with Crippen molar-refractivity contribution in [2.75, 3.05) is 6.61 Å². The van der Waals surface area contributed by atoms with E-state index in [0.717, 1.165) is 0 Å². The van der Waals surface area contributed by atoms with Crippen LogP contribution in [0.15, 0.2) is 4.79 Å². The number of aromatic amines is 2. The monoisotopic (exact) mass is 298 g/mol. The van der Waals surface area contributed by atoms with E-state index in [4.69, 9.17) is 17.0 Å². The molecular weight excluding hydrogens is 284 g/mol. The van der Waals surface area contributed by atoms with Crippen molar-refractivity contribution in [3.8, 4) is 0 Å². The van der Waals surface area contributed by atoms with E-state index in [2.05, 4.69) is 9.97 Å². The Morgan fingerprint density at radius 2 is 2.11 bits per heavy atom. The molecule has 0 saturated heterocycles. The Balaban J connectivity index is 2.48. The Kier molecular flexibility index (Phi) is 3.86. The van der Waals surface area contributed by atoms with E-state index in [1.54, 1.807) is 6.92 Å². The molecule has 0 radical (unpaired) electrons. The van der Waals surface area contributed by atoms with Crippen LogP contribution in [0, 0.1) is 17.6 Å². The minimum atomic E-state index is -0.397. The topological polar surface area (TPSA) is 75.0 Å². The highest BCUT2D eigenvalue weighted by Crippen LogP contribution is 2.27. The van der Waals surface area contributed by atoms with Crippen LogP contribution in [0.5, 0.6) is 0 Å². The summed E-state index contributed by atoms with van der Waals surface area (Å²) in [4.78, 5) is 30.2. The van der Waals surface area contributed by atoms with Gasteiger partial charge >= 0.3 is 5.97 Å². The average molecular weight is 298 g/mol. The molecule has 2 aromatic rings. The SMILES string of the molecule is Cc1c(C(=O)OCC(C)C)sc2[nH]c(=S)[nH]c(=O)c12. The summed E-state index contributed by atoms with van der Waals surface area (Å²) in [6, 6.07) is 0. The van der Waals surface area contributed by atoms with Gasteiger partial charge in [0.15, 0.2) is 4.77 Å². The van der Waals surface area contributed by atoms with Crippen LogP contribution in [-0.2, 0) is 4.74 Å². The van der Waals surface area contributed by atoms with Gasteiger partial charge in [0.25, 0.3) is 5.56 Å². The summed E-state index contributed by atoms with van der Waals surface area (Å²) in [5.74, 6) is -0.126. The molecule has 0 atom stereocenters. The van der Waals surface area contributed by atoms with Crippen molar-refractivity contribution in [2.24, 2.45) is 5.92 Å². The predicted molar refractivity (Wildman–Crippen MR) is 77.5 cm³/mol. The van der Waals surface area contributed by atoms with Crippen molar-refractivity contribution >= 4 is 39.7 Å². The molecule has 0 unspecified atom stereocenters. The van der Waals surface area contributed by atoms with Crippen LogP contribution in [0.3, 0.4) is 0 Å². The normalized spacial score (nSPS) is 11.2. The summed E-state index contributed by atoms with van der Waals surface area (Å²) in [6.45, 7) is 6.02. The maximum absolute atomic E-state index is 12.0. The molecule has 19 heavy (non-hydrogen) atoms. The zero-order valence-corrected chi connectivity index (χ0v) is 12.5. The second-order valence-corrected chi connectivity index (χ2v) is 6.09. The first-order valence-corrected chi connectivity index (χ1v) is 7.05. The van der Waals surface area contributed by atoms with E-state index < -0.39 is 5.97 Å². The number of nitrogens with one attached hydrogen (secondary N) is 2. The highest BCUT2D eigenvalue weighted by Gasteiger charge is 2.19. The summed E-state index contributed by atoms with van der Waals surface area (Å²) < 4.78 is 5.44. The molecule has 2 heterocycles. The Bertz CT molecular complexity index is 739. The maximum atomic E-state index is 12.0. The zero-order chi connectivity index (χ0) is 14.2. The number of thiophene rings is 1. The van der Waals surface area contributed by atoms with Gasteiger partial charge in [-0.3, -0.25) is 9.78 Å². The van der Waals surface area contributed by atoms with Gasteiger partial charge in [0.05, 0.1) is 12.0 Å². The van der Waals surface area contributed by atoms with Crippen molar-refractivity contribution in [2.45, 2.75) is 20.8 Å². The molecule has 0 spiro atoms. The fraction of sp³-hybridized carbons (Fsp3) is 0.417. The minimum absolute atomic E-state index is 0.251. The first-order chi connectivity index (χ1) is 8.90. The lowest BCUT2D eigenvalue weighted by molar-refractivity contribution is 0.0464. The number of aryl methyl sites for hydroxylation is 1. The number of hydrogen-bond donors (Lipinski definition) is 2. The van der Waals surface area contributed by atoms with Gasteiger partial charge < -0.3 is 9.72 Å². The summed E-state index contributed by atoms with van der Waals surface area (Å²) in [7, 11) is 0. The number of esters is 1. The fourth-order valence-electron chi connectivity index (χ4n) is 1.68. The van der Waals surface area contributed by atoms with E-state index in [0.29, 0.717) is 27.3 Å². The van der Waals surface area contributed by atoms with Crippen LogP contribution >= 0.6 is 23.6 Å². The second-order valence-electron chi connectivity index (χ2n) is 4.66. The molecule has 0 amide bonds. The molecule has 0 aliphatic rings. The van der Waals surface area contributed by atoms with Crippen molar-refractivity contribution in [1.82, 2.24) is 9.97 Å². The Morgan fingerprint density at radius 3 is 2.74 bits per heavy atom. The highest BCUT2D eigenvalue weighted by molar-refractivity contribution is 7.71. The van der Waals surface area contributed by atoms with Crippen LogP contribution in [0.4, 0.5) is 0 Å². The smallest absolute Gasteiger partial charge is 0.348 e. The molecule has 0 fully saturated rings. The van der Waals surface area contributed by atoms with Gasteiger partial charge in [-0.15, -0.1) is 11.3 Å². The van der Waals surface area contributed by atoms with Crippen LogP contribution in [0.2, 0.25) is 0 Å². The van der Waals surface area contributed by atoms with Gasteiger partial charge in [-0.25, -0.2) is 4.79 Å². The summed E-state index contributed by atoms with van der Waals surface area (Å²) in [5, 5.41) is 0.468. The van der Waals surface area contributed by atoms with E-state index >= 15 is 0 Å². The number of rotatable bonds is 3. The number of aromatic nitrogens is 2. The lowest BCUT2D eigenvalue weighted by Crippen LogP contribution is -2.11. The summed E-state index contributed by atoms with van der Waals surface area (Å²) in [5.41, 5.74) is 0.344. The Hall–Kier alpha value is -1.47. The molecule has 7 heteroatoms. The molecule has 0 saturated carbocycles. The van der Waals surface area contributed by atoms with Gasteiger partial charge in [-0.05, 0) is 30.6 Å². The van der Waals surface area contributed by atoms with Crippen LogP contribution in [-0.4, -0.2) is 22.5 Å². The van der Waals surface area contributed by atoms with Crippen LogP contribution < -0.4 is 5.56 Å². The van der Waals surface area contributed by atoms with E-state index in [9.17, 15) is 9.59 Å². The van der Waals surface area contributed by atoms with Crippen molar-refractivity contribution in [3.05, 3.63) is 25.6 Å². The van der Waals surface area contributed by atoms with Gasteiger partial charge in [0, 0.05) is 0 Å². The molecular formula is C12H14N2O3S2. The van der Waals surface area contributed by atoms with Gasteiger partial charge in [-0.2, -0.15) is 0 Å². The Morgan fingerprint density at radius 1 is 1.42 bits per heavy atom. The molecule has 0 aliphatic carbocycles. The summed E-state index contributed by atoms with van der Waals surface area (Å²) >= 11 is 6.11. The molecule has 5 nitrogen and oxygen atoms in total. The average Bonchev–Trinajstić information content (AvgIpc) is 2.63. The third-order valence-corrected chi connectivity index (χ3v) is 3.95. The van der Waals surface area contributed by atoms with Gasteiger partial charge in [-0.1, -0.05) is 13.8 Å². The van der Waals surface area contributed by atoms with E-state index in [-0.39, 0.29) is 16.2 Å². The third-order valence-electron chi connectivity index (χ3n) is 2.56. The first-order valence-electron chi connectivity index (χ1n) is 5.83. The first kappa shape index (κ1) is 14.0. The largest absolute Gasteiger partial charge is 0.461 e. The molecule has 2 rings (SSSR count). The second kappa shape index (κ2) is 5.26. The lowest BCUT2D eigenvalue weighted by Gasteiger charge is -2.05. The van der Waals surface area contributed by atoms with Gasteiger partial charge in [0.1, 0.15) is 9.71 Å². The molecule has 0 bridgehead atoms. The lowest BCUT2D eigenvalue weighted by atomic mass is 10.2. The number of fused-ring (bicyclic) bond motifs is 1. The number of hydrogen-bond acceptors (Lipinski definition) is 5. The van der Waals surface area contributed by atoms with Crippen LogP contribution in [0.25, 0.3) is 10.2 Å². The Labute approximate surface area is 118 Å². The number of H-pyrrole nitrogens is 2. The van der Waals surface area contributed by atoms with Crippen molar-refractivity contribution < 1.29 is 9.53 Å². The standard InChI is InChI=1S/C12H14N2O3S2/c1-5(2)4-17-11(16)8-6(3)7-9(15)13-12(18)14-10(7)19-8/h5H,4H2,1-3H3,(H2,13,14,15,18). The minimum Gasteiger partial charge on any atom is -0.461 e. The third kappa shape index (κ3) is 2.76. The fourth-order valence-corrected chi connectivity index (χ4v) is 3.04. The molecule has 0 aromatic carbocycles. The van der Waals surface area contributed by atoms with Crippen molar-refractivity contribution in [1.29, 1.82) is 0 Å². The van der Waals surface area contributed by atoms with Crippen LogP contribution in [0.1, 0.15) is 29.1 Å². The molecule has 0 aliphatic heterocycles. The maximum Gasteiger partial charge on any atom is 0.348 e. The predicted octanol–water partition coefficient (Wildman–Crippen LogP) is 2.77. The molecule has 2 N–H and O–H groups in total. The number of carbonyl (C=O) groups is 1. The van der Waals surface area contributed by atoms with E-state index in [1.807, 2.05) is 13.8 Å². The van der Waals surface area contributed by atoms with Crippen molar-refractivity contribution in [3.63, 3.8) is 0 Å². The summed E-state index contributed by atoms with van der Waals surface area (Å²) in [6.07, 6.45) is 0. The zero-order valence-electron chi connectivity index (χ0n) is 10.8. The highest BCUT2D eigenvalue weighted by atomic mass is 32.1. The number of ether oxygens (including phenoxy) is 1. The molecule has 2 aromatic heterocycles. The number of carbonyl (C=O) groups excluding carboxylic acids is 1.